The van der Waals surface area contributed by atoms with Gasteiger partial charge < -0.3 is 14.8 Å². The molecule has 0 unspecified atom stereocenters. The first-order chi connectivity index (χ1) is 13.7. The van der Waals surface area contributed by atoms with Crippen molar-refractivity contribution in [3.63, 3.8) is 0 Å². The summed E-state index contributed by atoms with van der Waals surface area (Å²) < 4.78 is 10.5. The molecule has 7 nitrogen and oxygen atoms in total. The Labute approximate surface area is 166 Å². The number of rotatable bonds is 6. The summed E-state index contributed by atoms with van der Waals surface area (Å²) in [6.45, 7) is 0. The number of benzene rings is 2. The van der Waals surface area contributed by atoms with E-state index in [2.05, 4.69) is 20.5 Å². The molecule has 2 aromatic carbocycles. The van der Waals surface area contributed by atoms with Gasteiger partial charge in [0.05, 0.1) is 31.1 Å². The summed E-state index contributed by atoms with van der Waals surface area (Å²) in [7, 11) is 3.23. The van der Waals surface area contributed by atoms with Gasteiger partial charge in [-0.3, -0.25) is 5.10 Å². The normalized spacial score (nSPS) is 10.8. The van der Waals surface area contributed by atoms with Crippen LogP contribution in [-0.4, -0.2) is 34.4 Å². The average Bonchev–Trinajstić information content (AvgIpc) is 3.12. The standard InChI is InChI=1S/C20H18ClN5O2/c1-27-15-6-3-12(4-7-15)9-14-11-22-19-18(23-14)20(26-25-19)24-13-5-8-16(21)17(10-13)28-2/h3-8,10-11H,9H2,1-2H3,(H2,22,24,25,26). The van der Waals surface area contributed by atoms with Gasteiger partial charge in [-0.2, -0.15) is 5.10 Å². The molecule has 0 saturated heterocycles. The number of nitrogens with zero attached hydrogens (tertiary/aromatic N) is 3. The fourth-order valence-electron chi connectivity index (χ4n) is 2.84. The Bertz CT molecular complexity index is 1110. The second-order valence-corrected chi connectivity index (χ2v) is 6.54. The van der Waals surface area contributed by atoms with Gasteiger partial charge in [0.15, 0.2) is 11.3 Å². The van der Waals surface area contributed by atoms with Gasteiger partial charge in [-0.15, -0.1) is 0 Å². The fraction of sp³-hybridized carbons (Fsp3) is 0.150. The minimum atomic E-state index is 0.543. The molecule has 28 heavy (non-hydrogen) atoms. The SMILES string of the molecule is COc1ccc(Cc2cnc3n[nH]c(Nc4ccc(Cl)c(OC)c4)c3n2)cc1. The van der Waals surface area contributed by atoms with Gasteiger partial charge in [-0.1, -0.05) is 23.7 Å². The lowest BCUT2D eigenvalue weighted by Crippen LogP contribution is -1.97. The maximum atomic E-state index is 6.09. The maximum Gasteiger partial charge on any atom is 0.201 e. The van der Waals surface area contributed by atoms with Crippen LogP contribution in [-0.2, 0) is 6.42 Å². The highest BCUT2D eigenvalue weighted by molar-refractivity contribution is 6.32. The molecule has 0 amide bonds. The molecule has 0 fully saturated rings. The molecule has 0 radical (unpaired) electrons. The van der Waals surface area contributed by atoms with Gasteiger partial charge in [-0.25, -0.2) is 9.97 Å². The summed E-state index contributed by atoms with van der Waals surface area (Å²) in [5.41, 5.74) is 3.97. The van der Waals surface area contributed by atoms with Crippen molar-refractivity contribution in [1.29, 1.82) is 0 Å². The minimum Gasteiger partial charge on any atom is -0.497 e. The van der Waals surface area contributed by atoms with E-state index >= 15 is 0 Å². The zero-order valence-corrected chi connectivity index (χ0v) is 16.1. The van der Waals surface area contributed by atoms with E-state index in [-0.39, 0.29) is 0 Å². The third-order valence-electron chi connectivity index (χ3n) is 4.28. The summed E-state index contributed by atoms with van der Waals surface area (Å²) >= 11 is 6.09. The number of anilines is 2. The molecule has 0 aliphatic carbocycles. The van der Waals surface area contributed by atoms with Crippen LogP contribution in [0.5, 0.6) is 11.5 Å². The van der Waals surface area contributed by atoms with Gasteiger partial charge in [0.25, 0.3) is 0 Å². The second kappa shape index (κ2) is 7.74. The first-order valence-corrected chi connectivity index (χ1v) is 8.97. The summed E-state index contributed by atoms with van der Waals surface area (Å²) in [6, 6.07) is 13.3. The summed E-state index contributed by atoms with van der Waals surface area (Å²) in [5, 5.41) is 11.0. The highest BCUT2D eigenvalue weighted by atomic mass is 35.5. The summed E-state index contributed by atoms with van der Waals surface area (Å²) in [6.07, 6.45) is 2.40. The zero-order chi connectivity index (χ0) is 19.5. The highest BCUT2D eigenvalue weighted by Crippen LogP contribution is 2.30. The highest BCUT2D eigenvalue weighted by Gasteiger charge is 2.11. The number of aromatic nitrogens is 4. The molecule has 0 aliphatic heterocycles. The van der Waals surface area contributed by atoms with E-state index in [0.29, 0.717) is 34.2 Å². The molecule has 0 saturated carbocycles. The van der Waals surface area contributed by atoms with Crippen molar-refractivity contribution in [2.45, 2.75) is 6.42 Å². The number of aromatic amines is 1. The number of ether oxygens (including phenoxy) is 2. The lowest BCUT2D eigenvalue weighted by molar-refractivity contribution is 0.414. The molecule has 2 heterocycles. The second-order valence-electron chi connectivity index (χ2n) is 6.13. The van der Waals surface area contributed by atoms with Gasteiger partial charge in [0, 0.05) is 18.2 Å². The molecule has 142 valence electrons. The molecular weight excluding hydrogens is 378 g/mol. The number of methoxy groups -OCH3 is 2. The Morgan fingerprint density at radius 1 is 1.07 bits per heavy atom. The van der Waals surface area contributed by atoms with Crippen molar-refractivity contribution < 1.29 is 9.47 Å². The van der Waals surface area contributed by atoms with E-state index in [4.69, 9.17) is 26.1 Å². The number of H-pyrrole nitrogens is 1. The van der Waals surface area contributed by atoms with Gasteiger partial charge >= 0.3 is 0 Å². The molecule has 4 aromatic rings. The first kappa shape index (κ1) is 18.1. The van der Waals surface area contributed by atoms with E-state index in [0.717, 1.165) is 22.7 Å². The predicted octanol–water partition coefficient (Wildman–Crippen LogP) is 4.36. The van der Waals surface area contributed by atoms with Gasteiger partial charge in [0.2, 0.25) is 5.65 Å². The predicted molar refractivity (Wildman–Crippen MR) is 109 cm³/mol. The lowest BCUT2D eigenvalue weighted by atomic mass is 10.1. The molecule has 0 bridgehead atoms. The van der Waals surface area contributed by atoms with E-state index in [9.17, 15) is 0 Å². The third kappa shape index (κ3) is 3.70. The van der Waals surface area contributed by atoms with Crippen molar-refractivity contribution in [3.8, 4) is 11.5 Å². The molecule has 2 N–H and O–H groups in total. The van der Waals surface area contributed by atoms with Crippen LogP contribution in [0.2, 0.25) is 5.02 Å². The van der Waals surface area contributed by atoms with Gasteiger partial charge in [-0.05, 0) is 29.8 Å². The molecule has 0 atom stereocenters. The fourth-order valence-corrected chi connectivity index (χ4v) is 3.03. The van der Waals surface area contributed by atoms with Crippen LogP contribution in [0, 0.1) is 0 Å². The number of halogens is 1. The summed E-state index contributed by atoms with van der Waals surface area (Å²) in [4.78, 5) is 9.13. The largest absolute Gasteiger partial charge is 0.497 e. The Balaban J connectivity index is 1.60. The molecule has 0 spiro atoms. The van der Waals surface area contributed by atoms with E-state index in [1.165, 1.54) is 0 Å². The van der Waals surface area contributed by atoms with Crippen molar-refractivity contribution >= 4 is 34.3 Å². The Kier molecular flexibility index (Phi) is 4.99. The maximum absolute atomic E-state index is 6.09. The topological polar surface area (TPSA) is 85.0 Å². The molecule has 8 heteroatoms. The minimum absolute atomic E-state index is 0.543. The van der Waals surface area contributed by atoms with E-state index in [1.54, 1.807) is 26.5 Å². The molecular formula is C20H18ClN5O2. The van der Waals surface area contributed by atoms with Crippen LogP contribution in [0.15, 0.2) is 48.7 Å². The summed E-state index contributed by atoms with van der Waals surface area (Å²) in [5.74, 6) is 2.07. The van der Waals surface area contributed by atoms with Crippen LogP contribution >= 0.6 is 11.6 Å². The molecule has 0 aliphatic rings. The van der Waals surface area contributed by atoms with E-state index < -0.39 is 0 Å². The average molecular weight is 396 g/mol. The van der Waals surface area contributed by atoms with Crippen molar-refractivity contribution in [3.05, 3.63) is 64.9 Å². The quantitative estimate of drug-likeness (QED) is 0.504. The van der Waals surface area contributed by atoms with E-state index in [1.807, 2.05) is 36.4 Å². The zero-order valence-electron chi connectivity index (χ0n) is 15.4. The monoisotopic (exact) mass is 395 g/mol. The van der Waals surface area contributed by atoms with Crippen molar-refractivity contribution in [2.75, 3.05) is 19.5 Å². The van der Waals surface area contributed by atoms with Crippen LogP contribution in [0.25, 0.3) is 11.2 Å². The van der Waals surface area contributed by atoms with Crippen LogP contribution < -0.4 is 14.8 Å². The lowest BCUT2D eigenvalue weighted by Gasteiger charge is -2.08. The molecule has 4 rings (SSSR count). The number of hydrogen-bond donors (Lipinski definition) is 2. The Hall–Kier alpha value is -3.32. The van der Waals surface area contributed by atoms with Gasteiger partial charge in [0.1, 0.15) is 11.5 Å². The van der Waals surface area contributed by atoms with Crippen molar-refractivity contribution in [1.82, 2.24) is 20.2 Å². The van der Waals surface area contributed by atoms with Crippen molar-refractivity contribution in [2.24, 2.45) is 0 Å². The van der Waals surface area contributed by atoms with Crippen LogP contribution in [0.1, 0.15) is 11.3 Å². The Morgan fingerprint density at radius 3 is 2.64 bits per heavy atom. The number of hydrogen-bond acceptors (Lipinski definition) is 6. The smallest absolute Gasteiger partial charge is 0.201 e. The third-order valence-corrected chi connectivity index (χ3v) is 4.59. The molecule has 2 aromatic heterocycles. The van der Waals surface area contributed by atoms with Crippen LogP contribution in [0.3, 0.4) is 0 Å². The number of nitrogens with one attached hydrogen (secondary N) is 2. The van der Waals surface area contributed by atoms with Crippen LogP contribution in [0.4, 0.5) is 11.5 Å². The Morgan fingerprint density at radius 2 is 1.89 bits per heavy atom. The number of fused-ring (bicyclic) bond motifs is 1. The first-order valence-electron chi connectivity index (χ1n) is 8.60.